The summed E-state index contributed by atoms with van der Waals surface area (Å²) in [5.74, 6) is 0.0224. The Balaban J connectivity index is 1.59. The van der Waals surface area contributed by atoms with Gasteiger partial charge in [-0.05, 0) is 31.9 Å². The number of likely N-dealkylation sites (tertiary alicyclic amines) is 1. The normalized spacial score (nSPS) is 15.9. The van der Waals surface area contributed by atoms with E-state index in [0.29, 0.717) is 36.0 Å². The highest BCUT2D eigenvalue weighted by Crippen LogP contribution is 2.31. The molecule has 0 spiro atoms. The standard InChI is InChI=1S/C19H21F3N2O2S/c1-2-26-16-7-9-24(10-8-16)17(25)11-15-12-27-18(23-15)13-3-5-14(6-4-13)19(20,21)22/h3-6,12,16H,2,7-11H2,1H3. The Morgan fingerprint density at radius 3 is 2.52 bits per heavy atom. The first-order valence-corrected chi connectivity index (χ1v) is 9.76. The first kappa shape index (κ1) is 19.8. The van der Waals surface area contributed by atoms with Crippen molar-refractivity contribution in [2.75, 3.05) is 19.7 Å². The predicted molar refractivity (Wildman–Crippen MR) is 97.5 cm³/mol. The van der Waals surface area contributed by atoms with Gasteiger partial charge in [0.2, 0.25) is 5.91 Å². The summed E-state index contributed by atoms with van der Waals surface area (Å²) in [5.41, 5.74) is 0.574. The molecule has 2 heterocycles. The topological polar surface area (TPSA) is 42.4 Å². The van der Waals surface area contributed by atoms with E-state index in [4.69, 9.17) is 4.74 Å². The highest BCUT2D eigenvalue weighted by molar-refractivity contribution is 7.13. The summed E-state index contributed by atoms with van der Waals surface area (Å²) in [7, 11) is 0. The van der Waals surface area contributed by atoms with Crippen molar-refractivity contribution in [3.8, 4) is 10.6 Å². The number of halogens is 3. The number of alkyl halides is 3. The molecule has 1 fully saturated rings. The second kappa shape index (κ2) is 8.39. The number of rotatable bonds is 5. The number of piperidine rings is 1. The molecule has 8 heteroatoms. The Labute approximate surface area is 160 Å². The van der Waals surface area contributed by atoms with Gasteiger partial charge in [-0.15, -0.1) is 11.3 Å². The Bertz CT molecular complexity index is 766. The zero-order valence-corrected chi connectivity index (χ0v) is 15.8. The molecule has 3 rings (SSSR count). The molecule has 1 aromatic heterocycles. The fraction of sp³-hybridized carbons (Fsp3) is 0.474. The van der Waals surface area contributed by atoms with Gasteiger partial charge in [-0.1, -0.05) is 12.1 Å². The first-order chi connectivity index (χ1) is 12.9. The number of ether oxygens (including phenoxy) is 1. The number of hydrogen-bond acceptors (Lipinski definition) is 4. The van der Waals surface area contributed by atoms with Gasteiger partial charge in [-0.2, -0.15) is 13.2 Å². The zero-order valence-electron chi connectivity index (χ0n) is 15.0. The second-order valence-electron chi connectivity index (χ2n) is 6.43. The highest BCUT2D eigenvalue weighted by atomic mass is 32.1. The summed E-state index contributed by atoms with van der Waals surface area (Å²) < 4.78 is 43.5. The summed E-state index contributed by atoms with van der Waals surface area (Å²) >= 11 is 1.33. The van der Waals surface area contributed by atoms with Gasteiger partial charge in [0.15, 0.2) is 0 Å². The van der Waals surface area contributed by atoms with Crippen molar-refractivity contribution in [2.24, 2.45) is 0 Å². The highest BCUT2D eigenvalue weighted by Gasteiger charge is 2.30. The molecule has 0 bridgehead atoms. The van der Waals surface area contributed by atoms with E-state index in [1.807, 2.05) is 11.8 Å². The molecule has 2 aromatic rings. The van der Waals surface area contributed by atoms with E-state index in [1.165, 1.54) is 23.5 Å². The maximum Gasteiger partial charge on any atom is 0.416 e. The largest absolute Gasteiger partial charge is 0.416 e. The lowest BCUT2D eigenvalue weighted by atomic mass is 10.1. The molecule has 0 aliphatic carbocycles. The van der Waals surface area contributed by atoms with Gasteiger partial charge in [0.1, 0.15) is 5.01 Å². The van der Waals surface area contributed by atoms with Crippen molar-refractivity contribution >= 4 is 17.2 Å². The molecular weight excluding hydrogens is 377 g/mol. The van der Waals surface area contributed by atoms with Crippen LogP contribution in [0.1, 0.15) is 31.0 Å². The molecule has 1 saturated heterocycles. The minimum Gasteiger partial charge on any atom is -0.378 e. The Morgan fingerprint density at radius 1 is 1.26 bits per heavy atom. The van der Waals surface area contributed by atoms with E-state index in [1.54, 1.807) is 5.38 Å². The molecule has 1 aliphatic heterocycles. The molecule has 1 aliphatic rings. The Kier molecular flexibility index (Phi) is 6.16. The van der Waals surface area contributed by atoms with Crippen LogP contribution < -0.4 is 0 Å². The molecule has 1 aromatic carbocycles. The van der Waals surface area contributed by atoms with E-state index in [-0.39, 0.29) is 18.4 Å². The van der Waals surface area contributed by atoms with Gasteiger partial charge >= 0.3 is 6.18 Å². The third-order valence-corrected chi connectivity index (χ3v) is 5.48. The van der Waals surface area contributed by atoms with Gasteiger partial charge in [-0.25, -0.2) is 4.98 Å². The van der Waals surface area contributed by atoms with Crippen molar-refractivity contribution in [2.45, 2.75) is 38.5 Å². The number of hydrogen-bond donors (Lipinski definition) is 0. The Hall–Kier alpha value is -1.93. The molecule has 0 saturated carbocycles. The average Bonchev–Trinajstić information content (AvgIpc) is 3.10. The van der Waals surface area contributed by atoms with Crippen LogP contribution in [0.3, 0.4) is 0 Å². The van der Waals surface area contributed by atoms with E-state index in [0.717, 1.165) is 25.0 Å². The summed E-state index contributed by atoms with van der Waals surface area (Å²) in [6, 6.07) is 4.91. The smallest absolute Gasteiger partial charge is 0.378 e. The molecule has 1 amide bonds. The van der Waals surface area contributed by atoms with E-state index in [9.17, 15) is 18.0 Å². The maximum absolute atomic E-state index is 12.7. The van der Waals surface area contributed by atoms with Crippen LogP contribution in [-0.2, 0) is 22.1 Å². The quantitative estimate of drug-likeness (QED) is 0.750. The van der Waals surface area contributed by atoms with Crippen molar-refractivity contribution in [3.63, 3.8) is 0 Å². The number of aromatic nitrogens is 1. The summed E-state index contributed by atoms with van der Waals surface area (Å²) in [6.45, 7) is 4.01. The zero-order chi connectivity index (χ0) is 19.4. The average molecular weight is 398 g/mol. The van der Waals surface area contributed by atoms with Gasteiger partial charge < -0.3 is 9.64 Å². The lowest BCUT2D eigenvalue weighted by Crippen LogP contribution is -2.41. The number of amides is 1. The van der Waals surface area contributed by atoms with E-state index in [2.05, 4.69) is 4.98 Å². The molecule has 4 nitrogen and oxygen atoms in total. The van der Waals surface area contributed by atoms with Crippen LogP contribution in [0.15, 0.2) is 29.6 Å². The molecule has 0 unspecified atom stereocenters. The lowest BCUT2D eigenvalue weighted by Gasteiger charge is -2.31. The molecule has 27 heavy (non-hydrogen) atoms. The number of carbonyl (C=O) groups is 1. The maximum atomic E-state index is 12.7. The molecule has 146 valence electrons. The van der Waals surface area contributed by atoms with Gasteiger partial charge in [0.05, 0.1) is 23.8 Å². The van der Waals surface area contributed by atoms with Crippen LogP contribution in [0, 0.1) is 0 Å². The molecule has 0 radical (unpaired) electrons. The third-order valence-electron chi connectivity index (χ3n) is 4.54. The predicted octanol–water partition coefficient (Wildman–Crippen LogP) is 4.40. The van der Waals surface area contributed by atoms with Gasteiger partial charge in [-0.3, -0.25) is 4.79 Å². The summed E-state index contributed by atoms with van der Waals surface area (Å²) in [5, 5.41) is 2.40. The minimum absolute atomic E-state index is 0.0224. The second-order valence-corrected chi connectivity index (χ2v) is 7.29. The minimum atomic E-state index is -4.35. The first-order valence-electron chi connectivity index (χ1n) is 8.88. The van der Waals surface area contributed by atoms with Crippen molar-refractivity contribution < 1.29 is 22.7 Å². The fourth-order valence-electron chi connectivity index (χ4n) is 3.10. The molecule has 0 atom stereocenters. The SMILES string of the molecule is CCOC1CCN(C(=O)Cc2csc(-c3ccc(C(F)(F)F)cc3)n2)CC1. The van der Waals surface area contributed by atoms with Crippen molar-refractivity contribution in [1.29, 1.82) is 0 Å². The van der Waals surface area contributed by atoms with E-state index < -0.39 is 11.7 Å². The Morgan fingerprint density at radius 2 is 1.93 bits per heavy atom. The number of thiazole rings is 1. The van der Waals surface area contributed by atoms with E-state index >= 15 is 0 Å². The third kappa shape index (κ3) is 5.07. The molecule has 0 N–H and O–H groups in total. The van der Waals surface area contributed by atoms with Crippen LogP contribution in [-0.4, -0.2) is 41.6 Å². The fourth-order valence-corrected chi connectivity index (χ4v) is 3.92. The monoisotopic (exact) mass is 398 g/mol. The lowest BCUT2D eigenvalue weighted by molar-refractivity contribution is -0.137. The van der Waals surface area contributed by atoms with Crippen LogP contribution in [0.4, 0.5) is 13.2 Å². The summed E-state index contributed by atoms with van der Waals surface area (Å²) in [4.78, 5) is 18.7. The number of benzene rings is 1. The van der Waals surface area contributed by atoms with Gasteiger partial charge in [0, 0.05) is 30.6 Å². The van der Waals surface area contributed by atoms with Crippen LogP contribution in [0.5, 0.6) is 0 Å². The van der Waals surface area contributed by atoms with Crippen molar-refractivity contribution in [3.05, 3.63) is 40.9 Å². The van der Waals surface area contributed by atoms with Gasteiger partial charge in [0.25, 0.3) is 0 Å². The molecular formula is C19H21F3N2O2S. The number of carbonyl (C=O) groups excluding carboxylic acids is 1. The van der Waals surface area contributed by atoms with Crippen LogP contribution in [0.2, 0.25) is 0 Å². The number of nitrogens with zero attached hydrogens (tertiary/aromatic N) is 2. The van der Waals surface area contributed by atoms with Crippen LogP contribution >= 0.6 is 11.3 Å². The van der Waals surface area contributed by atoms with Crippen LogP contribution in [0.25, 0.3) is 10.6 Å². The summed E-state index contributed by atoms with van der Waals surface area (Å²) in [6.07, 6.45) is -2.24. The van der Waals surface area contributed by atoms with Crippen molar-refractivity contribution in [1.82, 2.24) is 9.88 Å².